The summed E-state index contributed by atoms with van der Waals surface area (Å²) in [6, 6.07) is 10.1. The summed E-state index contributed by atoms with van der Waals surface area (Å²) in [5, 5.41) is 30.6. The Morgan fingerprint density at radius 2 is 1.76 bits per heavy atom. The van der Waals surface area contributed by atoms with Crippen LogP contribution in [0.5, 0.6) is 11.5 Å². The third-order valence-electron chi connectivity index (χ3n) is 3.93. The van der Waals surface area contributed by atoms with Gasteiger partial charge < -0.3 is 20.1 Å². The van der Waals surface area contributed by atoms with E-state index in [9.17, 15) is 15.3 Å². The molecule has 0 saturated carbocycles. The summed E-state index contributed by atoms with van der Waals surface area (Å²) in [5.74, 6) is 0.123. The van der Waals surface area contributed by atoms with Gasteiger partial charge in [0.25, 0.3) is 0 Å². The third kappa shape index (κ3) is 4.54. The molecule has 0 aliphatic heterocycles. The Balaban J connectivity index is 2.52. The molecule has 134 valence electrons. The largest absolute Gasteiger partial charge is 0.507 e. The molecule has 3 N–H and O–H groups in total. The van der Waals surface area contributed by atoms with Crippen LogP contribution in [-0.4, -0.2) is 33.9 Å². The Hall–Kier alpha value is -2.01. The molecule has 25 heavy (non-hydrogen) atoms. The molecule has 0 spiro atoms. The monoisotopic (exact) mass is 362 g/mol. The molecule has 0 bridgehead atoms. The molecular weight excluding hydrogens is 340 g/mol. The molecule has 4 nitrogen and oxygen atoms in total. The number of aliphatic hydroxyl groups is 1. The van der Waals surface area contributed by atoms with Crippen molar-refractivity contribution in [3.63, 3.8) is 0 Å². The molecule has 2 unspecified atom stereocenters. The highest BCUT2D eigenvalue weighted by molar-refractivity contribution is 6.18. The van der Waals surface area contributed by atoms with Crippen LogP contribution in [0.3, 0.4) is 0 Å². The van der Waals surface area contributed by atoms with Crippen LogP contribution in [0.1, 0.15) is 24.2 Å². The Labute approximate surface area is 153 Å². The molecule has 0 aliphatic rings. The molecule has 0 heterocycles. The summed E-state index contributed by atoms with van der Waals surface area (Å²) < 4.78 is 5.61. The van der Waals surface area contributed by atoms with E-state index in [2.05, 4.69) is 6.58 Å². The number of phenols is 2. The number of allylic oxidation sites excluding steroid dienone is 1. The van der Waals surface area contributed by atoms with E-state index in [1.807, 2.05) is 19.1 Å². The van der Waals surface area contributed by atoms with Crippen molar-refractivity contribution in [1.82, 2.24) is 0 Å². The van der Waals surface area contributed by atoms with Crippen molar-refractivity contribution in [1.29, 1.82) is 0 Å². The summed E-state index contributed by atoms with van der Waals surface area (Å²) in [6.45, 7) is 5.96. The molecule has 5 heteroatoms. The van der Waals surface area contributed by atoms with Crippen LogP contribution in [-0.2, 0) is 11.2 Å². The Morgan fingerprint density at radius 1 is 1.12 bits per heavy atom. The first-order valence-corrected chi connectivity index (χ1v) is 8.67. The highest BCUT2D eigenvalue weighted by atomic mass is 35.5. The summed E-state index contributed by atoms with van der Waals surface area (Å²) in [5.41, 5.74) is 2.62. The number of halogens is 1. The van der Waals surface area contributed by atoms with Crippen LogP contribution in [0.2, 0.25) is 0 Å². The molecule has 0 aromatic heterocycles. The Kier molecular flexibility index (Phi) is 6.88. The van der Waals surface area contributed by atoms with Gasteiger partial charge in [-0.25, -0.2) is 0 Å². The topological polar surface area (TPSA) is 69.9 Å². The smallest absolute Gasteiger partial charge is 0.123 e. The lowest BCUT2D eigenvalue weighted by molar-refractivity contribution is -0.0243. The second-order valence-corrected chi connectivity index (χ2v) is 6.03. The average Bonchev–Trinajstić information content (AvgIpc) is 2.62. The van der Waals surface area contributed by atoms with Gasteiger partial charge in [-0.1, -0.05) is 18.2 Å². The average molecular weight is 363 g/mol. The number of hydrogen-bond acceptors (Lipinski definition) is 4. The van der Waals surface area contributed by atoms with Gasteiger partial charge in [-0.05, 0) is 48.7 Å². The Bertz CT molecular complexity index is 730. The summed E-state index contributed by atoms with van der Waals surface area (Å²) in [4.78, 5) is 0. The van der Waals surface area contributed by atoms with E-state index in [-0.39, 0.29) is 17.4 Å². The molecular formula is C20H23ClO4. The second-order valence-electron chi connectivity index (χ2n) is 5.72. The molecule has 2 rings (SSSR count). The highest BCUT2D eigenvalue weighted by Gasteiger charge is 2.22. The van der Waals surface area contributed by atoms with Crippen LogP contribution < -0.4 is 0 Å². The first-order valence-electron chi connectivity index (χ1n) is 8.13. The lowest BCUT2D eigenvalue weighted by atomic mass is 9.95. The van der Waals surface area contributed by atoms with E-state index in [1.54, 1.807) is 24.3 Å². The van der Waals surface area contributed by atoms with E-state index in [0.29, 0.717) is 29.7 Å². The molecule has 0 amide bonds. The summed E-state index contributed by atoms with van der Waals surface area (Å²) in [6.07, 6.45) is 0.939. The maximum atomic E-state index is 10.3. The van der Waals surface area contributed by atoms with Gasteiger partial charge in [-0.15, -0.1) is 18.2 Å². The van der Waals surface area contributed by atoms with Gasteiger partial charge in [-0.2, -0.15) is 0 Å². The van der Waals surface area contributed by atoms with Crippen LogP contribution in [0.4, 0.5) is 0 Å². The van der Waals surface area contributed by atoms with E-state index in [0.717, 1.165) is 5.56 Å². The van der Waals surface area contributed by atoms with Gasteiger partial charge >= 0.3 is 0 Å². The number of hydrogen-bond donors (Lipinski definition) is 3. The fourth-order valence-electron chi connectivity index (χ4n) is 2.73. The van der Waals surface area contributed by atoms with Gasteiger partial charge in [0.15, 0.2) is 0 Å². The summed E-state index contributed by atoms with van der Waals surface area (Å²) in [7, 11) is 0. The minimum atomic E-state index is -0.875. The number of rotatable bonds is 8. The zero-order chi connectivity index (χ0) is 18.4. The lowest BCUT2D eigenvalue weighted by Crippen LogP contribution is -2.23. The molecule has 0 fully saturated rings. The zero-order valence-electron chi connectivity index (χ0n) is 14.2. The van der Waals surface area contributed by atoms with Gasteiger partial charge in [0, 0.05) is 17.7 Å². The highest BCUT2D eigenvalue weighted by Crippen LogP contribution is 2.38. The number of aliphatic hydroxyl groups excluding tert-OH is 1. The molecule has 0 radical (unpaired) electrons. The molecule has 2 atom stereocenters. The van der Waals surface area contributed by atoms with Crippen molar-refractivity contribution < 1.29 is 20.1 Å². The number of alkyl halides is 1. The number of benzene rings is 2. The predicted octanol–water partition coefficient (Wildman–Crippen LogP) is 4.17. The minimum Gasteiger partial charge on any atom is -0.507 e. The van der Waals surface area contributed by atoms with Crippen LogP contribution in [0.25, 0.3) is 11.1 Å². The molecule has 2 aromatic rings. The maximum absolute atomic E-state index is 10.3. The first kappa shape index (κ1) is 19.3. The zero-order valence-corrected chi connectivity index (χ0v) is 14.9. The number of ether oxygens (including phenoxy) is 1. The number of aromatic hydroxyl groups is 2. The second kappa shape index (κ2) is 8.90. The van der Waals surface area contributed by atoms with Gasteiger partial charge in [-0.3, -0.25) is 0 Å². The van der Waals surface area contributed by atoms with Crippen molar-refractivity contribution in [2.24, 2.45) is 0 Å². The van der Waals surface area contributed by atoms with Crippen LogP contribution >= 0.6 is 11.6 Å². The van der Waals surface area contributed by atoms with E-state index in [1.165, 1.54) is 6.07 Å². The molecule has 0 aliphatic carbocycles. The number of phenolic OH excluding ortho intramolecular Hbond substituents is 2. The van der Waals surface area contributed by atoms with Crippen molar-refractivity contribution >= 4 is 11.6 Å². The molecule has 2 aromatic carbocycles. The van der Waals surface area contributed by atoms with E-state index in [4.69, 9.17) is 16.3 Å². The minimum absolute atomic E-state index is 0.0287. The quantitative estimate of drug-likeness (QED) is 0.487. The van der Waals surface area contributed by atoms with Gasteiger partial charge in [0.1, 0.15) is 17.6 Å². The standard InChI is InChI=1S/C20H23ClO4/c1-3-5-13-6-8-17(22)15(10-13)16-11-14(7-9-18(16)23)20(25-4-2)19(24)12-21/h3,6-11,19-20,22-24H,1,4-5,12H2,2H3. The van der Waals surface area contributed by atoms with E-state index < -0.39 is 12.2 Å². The fraction of sp³-hybridized carbons (Fsp3) is 0.300. The van der Waals surface area contributed by atoms with Crippen molar-refractivity contribution in [2.45, 2.75) is 25.6 Å². The van der Waals surface area contributed by atoms with Crippen LogP contribution in [0.15, 0.2) is 49.1 Å². The maximum Gasteiger partial charge on any atom is 0.123 e. The van der Waals surface area contributed by atoms with Gasteiger partial charge in [0.2, 0.25) is 0 Å². The lowest BCUT2D eigenvalue weighted by Gasteiger charge is -2.22. The third-order valence-corrected chi connectivity index (χ3v) is 4.25. The summed E-state index contributed by atoms with van der Waals surface area (Å²) >= 11 is 5.77. The Morgan fingerprint density at radius 3 is 2.36 bits per heavy atom. The van der Waals surface area contributed by atoms with Gasteiger partial charge in [0.05, 0.1) is 12.0 Å². The van der Waals surface area contributed by atoms with E-state index >= 15 is 0 Å². The predicted molar refractivity (Wildman–Crippen MR) is 100 cm³/mol. The van der Waals surface area contributed by atoms with Crippen LogP contribution in [0, 0.1) is 0 Å². The fourth-order valence-corrected chi connectivity index (χ4v) is 2.89. The SMILES string of the molecule is C=CCc1ccc(O)c(-c2cc(C(OCC)C(O)CCl)ccc2O)c1. The molecule has 0 saturated heterocycles. The van der Waals surface area contributed by atoms with Crippen molar-refractivity contribution in [3.8, 4) is 22.6 Å². The van der Waals surface area contributed by atoms with Crippen molar-refractivity contribution in [3.05, 3.63) is 60.2 Å². The first-order chi connectivity index (χ1) is 12.0. The normalized spacial score (nSPS) is 13.4. The van der Waals surface area contributed by atoms with Crippen molar-refractivity contribution in [2.75, 3.05) is 12.5 Å².